The molecule has 0 aliphatic carbocycles. The number of nitrogens with zero attached hydrogens (tertiary/aromatic N) is 1. The van der Waals surface area contributed by atoms with Gasteiger partial charge in [-0.2, -0.15) is 0 Å². The van der Waals surface area contributed by atoms with Crippen molar-refractivity contribution in [2.24, 2.45) is 5.92 Å². The Morgan fingerprint density at radius 2 is 2.00 bits per heavy atom. The van der Waals surface area contributed by atoms with E-state index >= 15 is 0 Å². The van der Waals surface area contributed by atoms with E-state index in [4.69, 9.17) is 0 Å². The van der Waals surface area contributed by atoms with Gasteiger partial charge in [-0.1, -0.05) is 13.8 Å². The Morgan fingerprint density at radius 1 is 1.36 bits per heavy atom. The molecule has 2 atom stereocenters. The quantitative estimate of drug-likeness (QED) is 0.731. The fourth-order valence-electron chi connectivity index (χ4n) is 2.67. The molecule has 0 aromatic rings. The van der Waals surface area contributed by atoms with Crippen LogP contribution in [0.25, 0.3) is 0 Å². The van der Waals surface area contributed by atoms with E-state index in [1.165, 1.54) is 26.1 Å². The third-order valence-corrected chi connectivity index (χ3v) is 3.34. The molecule has 84 valence electrons. The first-order valence-electron chi connectivity index (χ1n) is 5.94. The molecule has 0 amide bonds. The van der Waals surface area contributed by atoms with E-state index in [-0.39, 0.29) is 0 Å². The summed E-state index contributed by atoms with van der Waals surface area (Å²) >= 11 is 0. The second-order valence-corrected chi connectivity index (χ2v) is 5.49. The van der Waals surface area contributed by atoms with Crippen LogP contribution in [0.3, 0.4) is 0 Å². The van der Waals surface area contributed by atoms with Crippen molar-refractivity contribution in [2.45, 2.75) is 52.6 Å². The highest BCUT2D eigenvalue weighted by molar-refractivity contribution is 4.88. The Bertz CT molecular complexity index is 172. The van der Waals surface area contributed by atoms with Gasteiger partial charge in [0, 0.05) is 11.6 Å². The molecular weight excluding hydrogens is 172 g/mol. The highest BCUT2D eigenvalue weighted by Crippen LogP contribution is 2.25. The predicted octanol–water partition coefficient (Wildman–Crippen LogP) is 2.10. The topological polar surface area (TPSA) is 15.3 Å². The summed E-state index contributed by atoms with van der Waals surface area (Å²) in [6.45, 7) is 15.1. The lowest BCUT2D eigenvalue weighted by Crippen LogP contribution is -2.55. The summed E-state index contributed by atoms with van der Waals surface area (Å²) in [6.07, 6.45) is 1.30. The van der Waals surface area contributed by atoms with E-state index in [1.54, 1.807) is 0 Å². The summed E-state index contributed by atoms with van der Waals surface area (Å²) in [5.41, 5.74) is 0.311. The SMILES string of the molecule is CCN(C1CCNCC1C)C(C)(C)C. The molecule has 1 N–H and O–H groups in total. The van der Waals surface area contributed by atoms with E-state index in [1.807, 2.05) is 0 Å². The number of piperidine rings is 1. The van der Waals surface area contributed by atoms with E-state index in [0.29, 0.717) is 5.54 Å². The fourth-order valence-corrected chi connectivity index (χ4v) is 2.67. The molecular formula is C12H26N2. The van der Waals surface area contributed by atoms with Crippen molar-refractivity contribution < 1.29 is 0 Å². The van der Waals surface area contributed by atoms with Crippen LogP contribution in [-0.4, -0.2) is 36.1 Å². The van der Waals surface area contributed by atoms with Crippen molar-refractivity contribution in [1.82, 2.24) is 10.2 Å². The van der Waals surface area contributed by atoms with E-state index in [2.05, 4.69) is 44.8 Å². The van der Waals surface area contributed by atoms with Gasteiger partial charge in [-0.15, -0.1) is 0 Å². The Balaban J connectivity index is 2.67. The molecule has 0 saturated carbocycles. The van der Waals surface area contributed by atoms with Crippen LogP contribution in [0.5, 0.6) is 0 Å². The van der Waals surface area contributed by atoms with Crippen LogP contribution in [0.15, 0.2) is 0 Å². The molecule has 0 bridgehead atoms. The van der Waals surface area contributed by atoms with E-state index in [0.717, 1.165) is 12.0 Å². The molecule has 2 unspecified atom stereocenters. The Kier molecular flexibility index (Phi) is 3.96. The normalized spacial score (nSPS) is 29.6. The maximum absolute atomic E-state index is 3.47. The summed E-state index contributed by atoms with van der Waals surface area (Å²) in [6, 6.07) is 0.765. The monoisotopic (exact) mass is 198 g/mol. The van der Waals surface area contributed by atoms with Gasteiger partial charge in [0.1, 0.15) is 0 Å². The van der Waals surface area contributed by atoms with Gasteiger partial charge in [-0.3, -0.25) is 4.90 Å². The molecule has 0 aromatic carbocycles. The molecule has 0 radical (unpaired) electrons. The first kappa shape index (κ1) is 12.0. The lowest BCUT2D eigenvalue weighted by molar-refractivity contribution is 0.0428. The Hall–Kier alpha value is -0.0800. The van der Waals surface area contributed by atoms with Crippen molar-refractivity contribution in [3.8, 4) is 0 Å². The largest absolute Gasteiger partial charge is 0.316 e. The first-order valence-corrected chi connectivity index (χ1v) is 5.94. The molecule has 2 heteroatoms. The second kappa shape index (κ2) is 4.63. The van der Waals surface area contributed by atoms with Gasteiger partial charge >= 0.3 is 0 Å². The van der Waals surface area contributed by atoms with Gasteiger partial charge in [0.2, 0.25) is 0 Å². The third-order valence-electron chi connectivity index (χ3n) is 3.34. The van der Waals surface area contributed by atoms with Crippen molar-refractivity contribution in [2.75, 3.05) is 19.6 Å². The molecule has 1 fully saturated rings. The molecule has 1 saturated heterocycles. The van der Waals surface area contributed by atoms with Crippen molar-refractivity contribution in [3.63, 3.8) is 0 Å². The molecule has 14 heavy (non-hydrogen) atoms. The van der Waals surface area contributed by atoms with Gasteiger partial charge in [-0.05, 0) is 52.7 Å². The van der Waals surface area contributed by atoms with Crippen LogP contribution in [0.1, 0.15) is 41.0 Å². The maximum Gasteiger partial charge on any atom is 0.0150 e. The van der Waals surface area contributed by atoms with Crippen molar-refractivity contribution in [3.05, 3.63) is 0 Å². The maximum atomic E-state index is 3.47. The zero-order valence-corrected chi connectivity index (χ0v) is 10.4. The molecule has 1 aliphatic heterocycles. The van der Waals surface area contributed by atoms with Crippen LogP contribution in [0.2, 0.25) is 0 Å². The minimum Gasteiger partial charge on any atom is -0.316 e. The summed E-state index contributed by atoms with van der Waals surface area (Å²) in [7, 11) is 0. The Morgan fingerprint density at radius 3 is 2.43 bits per heavy atom. The first-order chi connectivity index (χ1) is 6.46. The average Bonchev–Trinajstić information content (AvgIpc) is 2.07. The van der Waals surface area contributed by atoms with Gasteiger partial charge in [0.25, 0.3) is 0 Å². The standard InChI is InChI=1S/C12H26N2/c1-6-14(12(3,4)5)11-7-8-13-9-10(11)2/h10-11,13H,6-9H2,1-5H3. The van der Waals surface area contributed by atoms with Crippen molar-refractivity contribution in [1.29, 1.82) is 0 Å². The van der Waals surface area contributed by atoms with Crippen LogP contribution in [0, 0.1) is 5.92 Å². The predicted molar refractivity (Wildman–Crippen MR) is 62.6 cm³/mol. The molecule has 1 heterocycles. The third kappa shape index (κ3) is 2.71. The number of hydrogen-bond acceptors (Lipinski definition) is 2. The minimum absolute atomic E-state index is 0.311. The highest BCUT2D eigenvalue weighted by Gasteiger charge is 2.32. The summed E-state index contributed by atoms with van der Waals surface area (Å²) < 4.78 is 0. The Labute approximate surface area is 89.1 Å². The minimum atomic E-state index is 0.311. The number of rotatable bonds is 2. The zero-order valence-electron chi connectivity index (χ0n) is 10.4. The lowest BCUT2D eigenvalue weighted by Gasteiger charge is -2.45. The second-order valence-electron chi connectivity index (χ2n) is 5.49. The molecule has 0 aromatic heterocycles. The number of hydrogen-bond donors (Lipinski definition) is 1. The van der Waals surface area contributed by atoms with Gasteiger partial charge in [-0.25, -0.2) is 0 Å². The van der Waals surface area contributed by atoms with E-state index in [9.17, 15) is 0 Å². The lowest BCUT2D eigenvalue weighted by atomic mass is 9.90. The van der Waals surface area contributed by atoms with E-state index < -0.39 is 0 Å². The molecule has 2 nitrogen and oxygen atoms in total. The molecule has 0 spiro atoms. The van der Waals surface area contributed by atoms with Gasteiger partial charge in [0.15, 0.2) is 0 Å². The highest BCUT2D eigenvalue weighted by atomic mass is 15.2. The zero-order chi connectivity index (χ0) is 10.8. The molecule has 1 rings (SSSR count). The summed E-state index contributed by atoms with van der Waals surface area (Å²) in [4.78, 5) is 2.65. The molecule has 1 aliphatic rings. The summed E-state index contributed by atoms with van der Waals surface area (Å²) in [5, 5.41) is 3.47. The van der Waals surface area contributed by atoms with Crippen molar-refractivity contribution >= 4 is 0 Å². The fraction of sp³-hybridized carbons (Fsp3) is 1.00. The van der Waals surface area contributed by atoms with Crippen LogP contribution in [-0.2, 0) is 0 Å². The average molecular weight is 198 g/mol. The number of nitrogens with one attached hydrogen (secondary N) is 1. The summed E-state index contributed by atoms with van der Waals surface area (Å²) in [5.74, 6) is 0.780. The smallest absolute Gasteiger partial charge is 0.0150 e. The van der Waals surface area contributed by atoms with Gasteiger partial charge in [0.05, 0.1) is 0 Å². The van der Waals surface area contributed by atoms with Gasteiger partial charge < -0.3 is 5.32 Å². The van der Waals surface area contributed by atoms with Crippen LogP contribution in [0.4, 0.5) is 0 Å². The van der Waals surface area contributed by atoms with Crippen LogP contribution < -0.4 is 5.32 Å². The van der Waals surface area contributed by atoms with Crippen LogP contribution >= 0.6 is 0 Å².